The average molecular weight is 313 g/mol. The zero-order valence-electron chi connectivity index (χ0n) is 13.9. The molecule has 0 radical (unpaired) electrons. The Balaban J connectivity index is 2.27. The van der Waals surface area contributed by atoms with Crippen LogP contribution < -0.4 is 5.73 Å². The molecule has 0 spiro atoms. The molecule has 0 fully saturated rings. The Kier molecular flexibility index (Phi) is 4.31. The quantitative estimate of drug-likeness (QED) is 0.759. The molecule has 0 amide bonds. The molecule has 0 aliphatic heterocycles. The van der Waals surface area contributed by atoms with E-state index in [-0.39, 0.29) is 5.82 Å². The molecular weight excluding hydrogens is 294 g/mol. The van der Waals surface area contributed by atoms with Crippen LogP contribution in [0, 0.1) is 18.3 Å². The van der Waals surface area contributed by atoms with E-state index in [4.69, 9.17) is 5.73 Å². The van der Waals surface area contributed by atoms with Crippen molar-refractivity contribution in [3.63, 3.8) is 0 Å². The van der Waals surface area contributed by atoms with Gasteiger partial charge in [-0.05, 0) is 30.0 Å². The lowest BCUT2D eigenvalue weighted by atomic mass is 9.92. The van der Waals surface area contributed by atoms with Gasteiger partial charge in [0.1, 0.15) is 17.5 Å². The Morgan fingerprint density at radius 2 is 1.67 bits per heavy atom. The highest BCUT2D eigenvalue weighted by Gasteiger charge is 2.18. The van der Waals surface area contributed by atoms with Crippen LogP contribution in [-0.2, 0) is 6.42 Å². The normalized spacial score (nSPS) is 10.4. The summed E-state index contributed by atoms with van der Waals surface area (Å²) < 4.78 is 0. The van der Waals surface area contributed by atoms with Crippen LogP contribution in [0.15, 0.2) is 54.6 Å². The molecule has 0 saturated heterocycles. The number of nitrogens with zero attached hydrogens (tertiary/aromatic N) is 2. The Morgan fingerprint density at radius 1 is 1.00 bits per heavy atom. The first kappa shape index (κ1) is 15.8. The third-order valence-electron chi connectivity index (χ3n) is 4.28. The molecule has 0 unspecified atom stereocenters. The second-order valence-electron chi connectivity index (χ2n) is 5.75. The maximum absolute atomic E-state index is 9.58. The highest BCUT2D eigenvalue weighted by Crippen LogP contribution is 2.35. The van der Waals surface area contributed by atoms with Crippen molar-refractivity contribution in [2.75, 3.05) is 5.73 Å². The number of benzene rings is 2. The van der Waals surface area contributed by atoms with Crippen LogP contribution in [0.25, 0.3) is 22.4 Å². The van der Waals surface area contributed by atoms with E-state index in [1.807, 2.05) is 37.3 Å². The van der Waals surface area contributed by atoms with Gasteiger partial charge < -0.3 is 5.73 Å². The van der Waals surface area contributed by atoms with Crippen molar-refractivity contribution in [3.05, 3.63) is 71.3 Å². The fourth-order valence-corrected chi connectivity index (χ4v) is 2.95. The van der Waals surface area contributed by atoms with Crippen molar-refractivity contribution in [1.29, 1.82) is 5.26 Å². The molecule has 0 bridgehead atoms. The van der Waals surface area contributed by atoms with Crippen molar-refractivity contribution >= 4 is 5.82 Å². The molecule has 1 aromatic heterocycles. The van der Waals surface area contributed by atoms with E-state index in [9.17, 15) is 5.26 Å². The standard InChI is InChI=1S/C21H19N3/c1-3-15-9-11-16(12-10-15)19-14(2)20(17-7-5-4-6-8-17)24-21(23)18(19)13-22/h4-12H,3H2,1-2H3,(H2,23,24). The van der Waals surface area contributed by atoms with Gasteiger partial charge in [-0.2, -0.15) is 5.26 Å². The van der Waals surface area contributed by atoms with Gasteiger partial charge in [0.2, 0.25) is 0 Å². The third-order valence-corrected chi connectivity index (χ3v) is 4.28. The summed E-state index contributed by atoms with van der Waals surface area (Å²) in [6.45, 7) is 4.12. The predicted molar refractivity (Wildman–Crippen MR) is 98.4 cm³/mol. The molecule has 24 heavy (non-hydrogen) atoms. The molecule has 2 aromatic carbocycles. The highest BCUT2D eigenvalue weighted by molar-refractivity contribution is 5.84. The number of rotatable bonds is 3. The van der Waals surface area contributed by atoms with Gasteiger partial charge in [-0.15, -0.1) is 0 Å². The minimum absolute atomic E-state index is 0.275. The number of nitrogen functional groups attached to an aromatic ring is 1. The number of anilines is 1. The zero-order chi connectivity index (χ0) is 17.1. The molecule has 2 N–H and O–H groups in total. The smallest absolute Gasteiger partial charge is 0.142 e. The van der Waals surface area contributed by atoms with Crippen LogP contribution in [0.4, 0.5) is 5.82 Å². The van der Waals surface area contributed by atoms with Gasteiger partial charge in [-0.25, -0.2) is 4.98 Å². The van der Waals surface area contributed by atoms with E-state index in [1.54, 1.807) is 0 Å². The summed E-state index contributed by atoms with van der Waals surface area (Å²) in [5.41, 5.74) is 12.5. The molecule has 3 heteroatoms. The van der Waals surface area contributed by atoms with E-state index in [1.165, 1.54) is 5.56 Å². The fourth-order valence-electron chi connectivity index (χ4n) is 2.95. The SMILES string of the molecule is CCc1ccc(-c2c(C)c(-c3ccccc3)nc(N)c2C#N)cc1. The topological polar surface area (TPSA) is 62.7 Å². The average Bonchev–Trinajstić information content (AvgIpc) is 2.63. The summed E-state index contributed by atoms with van der Waals surface area (Å²) in [5, 5.41) is 9.58. The van der Waals surface area contributed by atoms with Gasteiger partial charge in [0.25, 0.3) is 0 Å². The zero-order valence-corrected chi connectivity index (χ0v) is 13.9. The Hall–Kier alpha value is -3.12. The predicted octanol–water partition coefficient (Wildman–Crippen LogP) is 4.74. The number of aromatic nitrogens is 1. The lowest BCUT2D eigenvalue weighted by Crippen LogP contribution is -2.03. The Morgan fingerprint density at radius 3 is 2.25 bits per heavy atom. The number of pyridine rings is 1. The van der Waals surface area contributed by atoms with Gasteiger partial charge in [-0.1, -0.05) is 61.5 Å². The fraction of sp³-hybridized carbons (Fsp3) is 0.143. The molecule has 0 aliphatic rings. The van der Waals surface area contributed by atoms with Gasteiger partial charge in [0.15, 0.2) is 0 Å². The van der Waals surface area contributed by atoms with E-state index in [0.29, 0.717) is 5.56 Å². The molecule has 118 valence electrons. The van der Waals surface area contributed by atoms with Crippen molar-refractivity contribution in [3.8, 4) is 28.5 Å². The minimum atomic E-state index is 0.275. The molecule has 3 aromatic rings. The van der Waals surface area contributed by atoms with Crippen LogP contribution >= 0.6 is 0 Å². The summed E-state index contributed by atoms with van der Waals surface area (Å²) >= 11 is 0. The minimum Gasteiger partial charge on any atom is -0.383 e. The largest absolute Gasteiger partial charge is 0.383 e. The monoisotopic (exact) mass is 313 g/mol. The second-order valence-corrected chi connectivity index (χ2v) is 5.75. The molecule has 0 saturated carbocycles. The number of nitriles is 1. The third kappa shape index (κ3) is 2.75. The van der Waals surface area contributed by atoms with E-state index in [0.717, 1.165) is 34.4 Å². The summed E-state index contributed by atoms with van der Waals surface area (Å²) in [5.74, 6) is 0.275. The van der Waals surface area contributed by atoms with Gasteiger partial charge >= 0.3 is 0 Å². The van der Waals surface area contributed by atoms with Gasteiger partial charge in [0, 0.05) is 11.1 Å². The number of nitrogens with two attached hydrogens (primary N) is 1. The maximum atomic E-state index is 9.58. The number of aryl methyl sites for hydroxylation is 1. The first-order valence-electron chi connectivity index (χ1n) is 8.00. The van der Waals surface area contributed by atoms with Crippen molar-refractivity contribution < 1.29 is 0 Å². The Bertz CT molecular complexity index is 905. The van der Waals surface area contributed by atoms with Crippen molar-refractivity contribution in [1.82, 2.24) is 4.98 Å². The summed E-state index contributed by atoms with van der Waals surface area (Å²) in [6.07, 6.45) is 0.984. The van der Waals surface area contributed by atoms with Gasteiger partial charge in [0.05, 0.1) is 5.69 Å². The molecule has 0 atom stereocenters. The first-order valence-corrected chi connectivity index (χ1v) is 8.00. The van der Waals surface area contributed by atoms with Crippen LogP contribution in [0.5, 0.6) is 0 Å². The molecule has 3 rings (SSSR count). The lowest BCUT2D eigenvalue weighted by Gasteiger charge is -2.15. The van der Waals surface area contributed by atoms with Crippen LogP contribution in [0.2, 0.25) is 0 Å². The molecule has 3 nitrogen and oxygen atoms in total. The van der Waals surface area contributed by atoms with Gasteiger partial charge in [-0.3, -0.25) is 0 Å². The van der Waals surface area contributed by atoms with E-state index in [2.05, 4.69) is 42.2 Å². The summed E-state index contributed by atoms with van der Waals surface area (Å²) in [6, 6.07) is 20.4. The van der Waals surface area contributed by atoms with Crippen LogP contribution in [0.1, 0.15) is 23.6 Å². The Labute approximate surface area is 142 Å². The summed E-state index contributed by atoms with van der Waals surface area (Å²) in [7, 11) is 0. The first-order chi connectivity index (χ1) is 11.7. The van der Waals surface area contributed by atoms with E-state index >= 15 is 0 Å². The van der Waals surface area contributed by atoms with Crippen molar-refractivity contribution in [2.24, 2.45) is 0 Å². The second kappa shape index (κ2) is 6.55. The van der Waals surface area contributed by atoms with E-state index < -0.39 is 0 Å². The van der Waals surface area contributed by atoms with Crippen LogP contribution in [-0.4, -0.2) is 4.98 Å². The van der Waals surface area contributed by atoms with Crippen molar-refractivity contribution in [2.45, 2.75) is 20.3 Å². The van der Waals surface area contributed by atoms with Crippen LogP contribution in [0.3, 0.4) is 0 Å². The molecule has 1 heterocycles. The highest BCUT2D eigenvalue weighted by atomic mass is 14.9. The number of hydrogen-bond acceptors (Lipinski definition) is 3. The lowest BCUT2D eigenvalue weighted by molar-refractivity contribution is 1.14. The number of hydrogen-bond donors (Lipinski definition) is 1. The maximum Gasteiger partial charge on any atom is 0.142 e. The summed E-state index contributed by atoms with van der Waals surface area (Å²) in [4.78, 5) is 4.49. The molecule has 0 aliphatic carbocycles. The molecular formula is C21H19N3.